The Morgan fingerprint density at radius 3 is 1.45 bits per heavy atom. The van der Waals surface area contributed by atoms with Gasteiger partial charge in [-0.15, -0.1) is 0 Å². The second kappa shape index (κ2) is 5.02. The molecule has 3 rings (SSSR count). The smallest absolute Gasteiger partial charge is 0.182 e. The van der Waals surface area contributed by atoms with Crippen LogP contribution in [0.1, 0.15) is 20.7 Å². The fourth-order valence-corrected chi connectivity index (χ4v) is 2.54. The molecule has 0 saturated carbocycles. The molecule has 20 heavy (non-hydrogen) atoms. The lowest BCUT2D eigenvalue weighted by atomic mass is 10.0. The minimum Gasteiger partial charge on any atom is -0.292 e. The van der Waals surface area contributed by atoms with Gasteiger partial charge in [-0.2, -0.15) is 0 Å². The lowest BCUT2D eigenvalue weighted by Gasteiger charge is -1.99. The number of ketones is 2. The molecule has 100 valence electrons. The number of Topliss-reactive ketones (excluding diaryl/α,β-unsaturated/α-hetero) is 2. The highest BCUT2D eigenvalue weighted by atomic mass is 16.1. The first kappa shape index (κ1) is 12.8. The van der Waals surface area contributed by atoms with Crippen molar-refractivity contribution in [2.24, 2.45) is 0 Å². The Kier molecular flexibility index (Phi) is 3.20. The molecule has 1 heterocycles. The van der Waals surface area contributed by atoms with Gasteiger partial charge in [0.15, 0.2) is 11.6 Å². The van der Waals surface area contributed by atoms with Crippen LogP contribution < -0.4 is 0 Å². The van der Waals surface area contributed by atoms with Gasteiger partial charge in [-0.05, 0) is 7.05 Å². The molecule has 0 amide bonds. The zero-order valence-electron chi connectivity index (χ0n) is 11.2. The highest BCUT2D eigenvalue weighted by molar-refractivity contribution is 6.12. The molecule has 1 aliphatic rings. The third-order valence-corrected chi connectivity index (χ3v) is 3.74. The summed E-state index contributed by atoms with van der Waals surface area (Å²) in [5.74, 6) is 0.0322. The van der Waals surface area contributed by atoms with Gasteiger partial charge in [0.25, 0.3) is 0 Å². The van der Waals surface area contributed by atoms with Gasteiger partial charge in [-0.25, -0.2) is 0 Å². The van der Waals surface area contributed by atoms with Gasteiger partial charge in [0, 0.05) is 11.1 Å². The van der Waals surface area contributed by atoms with Gasteiger partial charge < -0.3 is 0 Å². The monoisotopic (exact) mass is 265 g/mol. The van der Waals surface area contributed by atoms with Crippen LogP contribution in [0.25, 0.3) is 0 Å². The second-order valence-corrected chi connectivity index (χ2v) is 5.02. The molecule has 2 aromatic carbocycles. The topological polar surface area (TPSA) is 37.1 Å². The third-order valence-electron chi connectivity index (χ3n) is 3.74. The van der Waals surface area contributed by atoms with E-state index in [0.717, 1.165) is 0 Å². The van der Waals surface area contributed by atoms with Gasteiger partial charge in [0.2, 0.25) is 0 Å². The average Bonchev–Trinajstić information content (AvgIpc) is 3.18. The molecule has 0 radical (unpaired) electrons. The molecule has 0 spiro atoms. The molecule has 0 aromatic heterocycles. The summed E-state index contributed by atoms with van der Waals surface area (Å²) in [7, 11) is 1.82. The maximum atomic E-state index is 12.4. The maximum absolute atomic E-state index is 12.4. The van der Waals surface area contributed by atoms with E-state index in [2.05, 4.69) is 0 Å². The second-order valence-electron chi connectivity index (χ2n) is 5.02. The molecule has 1 saturated heterocycles. The van der Waals surface area contributed by atoms with E-state index in [1.165, 1.54) is 0 Å². The number of carbonyl (C=O) groups is 2. The molecule has 0 N–H and O–H groups in total. The van der Waals surface area contributed by atoms with Crippen LogP contribution in [0, 0.1) is 0 Å². The van der Waals surface area contributed by atoms with Gasteiger partial charge >= 0.3 is 0 Å². The Morgan fingerprint density at radius 2 is 1.10 bits per heavy atom. The number of benzene rings is 2. The third kappa shape index (κ3) is 2.17. The largest absolute Gasteiger partial charge is 0.292 e. The first-order valence-electron chi connectivity index (χ1n) is 6.60. The van der Waals surface area contributed by atoms with Gasteiger partial charge in [-0.1, -0.05) is 60.7 Å². The highest BCUT2D eigenvalue weighted by Crippen LogP contribution is 2.31. The zero-order chi connectivity index (χ0) is 14.1. The number of likely N-dealkylation sites (N-methyl/N-ethyl adjacent to an activating group) is 1. The molecule has 1 fully saturated rings. The van der Waals surface area contributed by atoms with E-state index in [0.29, 0.717) is 11.1 Å². The van der Waals surface area contributed by atoms with E-state index in [-0.39, 0.29) is 23.7 Å². The quantitative estimate of drug-likeness (QED) is 0.629. The first-order valence-corrected chi connectivity index (χ1v) is 6.60. The van der Waals surface area contributed by atoms with Crippen molar-refractivity contribution in [3.63, 3.8) is 0 Å². The number of hydrogen-bond acceptors (Lipinski definition) is 3. The standard InChI is InChI=1S/C17H15NO2/c1-18-14(16(19)12-8-4-2-5-9-12)15(18)17(20)13-10-6-3-7-11-13/h2-11,14-15H,1H3/t14-,15+,18?. The van der Waals surface area contributed by atoms with E-state index in [1.54, 1.807) is 24.3 Å². The normalized spacial score (nSPS) is 24.1. The summed E-state index contributed by atoms with van der Waals surface area (Å²) in [6, 6.07) is 17.6. The van der Waals surface area contributed by atoms with Crippen LogP contribution in [0.3, 0.4) is 0 Å². The minimum atomic E-state index is -0.329. The van der Waals surface area contributed by atoms with Crippen LogP contribution in [0.5, 0.6) is 0 Å². The van der Waals surface area contributed by atoms with Crippen molar-refractivity contribution in [1.29, 1.82) is 0 Å². The van der Waals surface area contributed by atoms with Crippen LogP contribution in [-0.2, 0) is 0 Å². The predicted molar refractivity (Wildman–Crippen MR) is 76.9 cm³/mol. The number of carbonyl (C=O) groups excluding carboxylic acids is 2. The van der Waals surface area contributed by atoms with E-state index < -0.39 is 0 Å². The lowest BCUT2D eigenvalue weighted by Crippen LogP contribution is -2.16. The van der Waals surface area contributed by atoms with E-state index in [1.807, 2.05) is 48.3 Å². The summed E-state index contributed by atoms with van der Waals surface area (Å²) in [6.07, 6.45) is 0. The Balaban J connectivity index is 1.78. The maximum Gasteiger partial charge on any atom is 0.182 e. The lowest BCUT2D eigenvalue weighted by molar-refractivity contribution is 0.0948. The Hall–Kier alpha value is -2.26. The molecule has 0 bridgehead atoms. The summed E-state index contributed by atoms with van der Waals surface area (Å²) < 4.78 is 0. The van der Waals surface area contributed by atoms with Crippen molar-refractivity contribution >= 4 is 11.6 Å². The van der Waals surface area contributed by atoms with Crippen molar-refractivity contribution < 1.29 is 9.59 Å². The fourth-order valence-electron chi connectivity index (χ4n) is 2.54. The number of hydrogen-bond donors (Lipinski definition) is 0. The van der Waals surface area contributed by atoms with Crippen molar-refractivity contribution in [2.45, 2.75) is 12.1 Å². The van der Waals surface area contributed by atoms with Crippen LogP contribution in [0.2, 0.25) is 0 Å². The van der Waals surface area contributed by atoms with Crippen LogP contribution >= 0.6 is 0 Å². The molecule has 1 unspecified atom stereocenters. The number of rotatable bonds is 4. The Labute approximate surface area is 117 Å². The van der Waals surface area contributed by atoms with Crippen molar-refractivity contribution in [2.75, 3.05) is 7.05 Å². The Bertz CT molecular complexity index is 579. The fraction of sp³-hybridized carbons (Fsp3) is 0.176. The van der Waals surface area contributed by atoms with E-state index >= 15 is 0 Å². The molecule has 2 aromatic rings. The zero-order valence-corrected chi connectivity index (χ0v) is 11.2. The Morgan fingerprint density at radius 1 is 0.750 bits per heavy atom. The van der Waals surface area contributed by atoms with Crippen molar-refractivity contribution in [3.05, 3.63) is 71.8 Å². The van der Waals surface area contributed by atoms with E-state index in [9.17, 15) is 9.59 Å². The molecule has 1 aliphatic heterocycles. The predicted octanol–water partition coefficient (Wildman–Crippen LogP) is 2.43. The summed E-state index contributed by atoms with van der Waals surface area (Å²) in [5.41, 5.74) is 1.32. The molecule has 3 nitrogen and oxygen atoms in total. The molecule has 3 atom stereocenters. The molecular formula is C17H15NO2. The number of nitrogens with zero attached hydrogens (tertiary/aromatic N) is 1. The van der Waals surface area contributed by atoms with Crippen molar-refractivity contribution in [1.82, 2.24) is 4.90 Å². The summed E-state index contributed by atoms with van der Waals surface area (Å²) in [5, 5.41) is 0. The summed E-state index contributed by atoms with van der Waals surface area (Å²) in [4.78, 5) is 26.6. The summed E-state index contributed by atoms with van der Waals surface area (Å²) >= 11 is 0. The van der Waals surface area contributed by atoms with Gasteiger partial charge in [-0.3, -0.25) is 14.5 Å². The first-order chi connectivity index (χ1) is 9.70. The highest BCUT2D eigenvalue weighted by Gasteiger charge is 2.54. The molecular weight excluding hydrogens is 250 g/mol. The van der Waals surface area contributed by atoms with Gasteiger partial charge in [0.1, 0.15) is 0 Å². The van der Waals surface area contributed by atoms with Crippen LogP contribution in [0.4, 0.5) is 0 Å². The van der Waals surface area contributed by atoms with Crippen LogP contribution in [-0.4, -0.2) is 35.6 Å². The minimum absolute atomic E-state index is 0.0161. The van der Waals surface area contributed by atoms with Crippen molar-refractivity contribution in [3.8, 4) is 0 Å². The SMILES string of the molecule is CN1[C@H](C(=O)c2ccccc2)[C@@H]1C(=O)c1ccccc1. The summed E-state index contributed by atoms with van der Waals surface area (Å²) in [6.45, 7) is 0. The van der Waals surface area contributed by atoms with Gasteiger partial charge in [0.05, 0.1) is 12.1 Å². The van der Waals surface area contributed by atoms with Crippen LogP contribution in [0.15, 0.2) is 60.7 Å². The average molecular weight is 265 g/mol. The van der Waals surface area contributed by atoms with E-state index in [4.69, 9.17) is 0 Å². The molecule has 0 aliphatic carbocycles. The molecule has 3 heteroatoms.